The topological polar surface area (TPSA) is 81.3 Å². The number of likely N-dealkylation sites (tertiary alicyclic amines) is 1. The van der Waals surface area contributed by atoms with Gasteiger partial charge in [0.15, 0.2) is 0 Å². The van der Waals surface area contributed by atoms with Gasteiger partial charge < -0.3 is 10.2 Å². The number of aromatic nitrogens is 2. The molecule has 0 aliphatic carbocycles. The smallest absolute Gasteiger partial charge is 0.251 e. The number of nitrogens with one attached hydrogen (secondary N) is 2. The number of halogens is 2. The molecule has 7 nitrogen and oxygen atoms in total. The van der Waals surface area contributed by atoms with E-state index < -0.39 is 0 Å². The van der Waals surface area contributed by atoms with Crippen LogP contribution in [0.4, 0.5) is 0 Å². The minimum atomic E-state index is -0.173. The van der Waals surface area contributed by atoms with E-state index >= 15 is 0 Å². The SMILES string of the molecule is CCC1CN(CC(=O)N2CCc3[nH]nc(CNC(=O)c4ccc(Cl)c(I)c4)c3C2)C1. The fraction of sp³-hybridized carbons (Fsp3) is 0.476. The first kappa shape index (κ1) is 21.6. The fourth-order valence-corrected chi connectivity index (χ4v) is 4.61. The van der Waals surface area contributed by atoms with Crippen LogP contribution >= 0.6 is 34.2 Å². The maximum atomic E-state index is 12.7. The largest absolute Gasteiger partial charge is 0.346 e. The Hall–Kier alpha value is -1.65. The van der Waals surface area contributed by atoms with Crippen molar-refractivity contribution >= 4 is 46.0 Å². The van der Waals surface area contributed by atoms with Crippen LogP contribution in [0.2, 0.25) is 5.02 Å². The molecule has 0 radical (unpaired) electrons. The minimum absolute atomic E-state index is 0.169. The van der Waals surface area contributed by atoms with Crippen molar-refractivity contribution < 1.29 is 9.59 Å². The van der Waals surface area contributed by atoms with Crippen LogP contribution in [-0.4, -0.2) is 58.0 Å². The van der Waals surface area contributed by atoms with Gasteiger partial charge in [-0.15, -0.1) is 0 Å². The summed E-state index contributed by atoms with van der Waals surface area (Å²) in [6, 6.07) is 5.19. The average molecular weight is 542 g/mol. The molecule has 4 rings (SSSR count). The number of rotatable bonds is 6. The number of hydrogen-bond donors (Lipinski definition) is 2. The van der Waals surface area contributed by atoms with Crippen LogP contribution in [0.3, 0.4) is 0 Å². The normalized spacial score (nSPS) is 16.8. The molecular formula is C21H25ClIN5O2. The molecular weight excluding hydrogens is 517 g/mol. The Morgan fingerprint density at radius 2 is 2.17 bits per heavy atom. The number of carbonyl (C=O) groups is 2. The van der Waals surface area contributed by atoms with Crippen molar-refractivity contribution in [2.45, 2.75) is 32.9 Å². The lowest BCUT2D eigenvalue weighted by atomic mass is 9.97. The second kappa shape index (κ2) is 9.23. The number of aromatic amines is 1. The summed E-state index contributed by atoms with van der Waals surface area (Å²) >= 11 is 8.14. The van der Waals surface area contributed by atoms with Crippen molar-refractivity contribution in [3.63, 3.8) is 0 Å². The zero-order valence-electron chi connectivity index (χ0n) is 16.9. The first-order chi connectivity index (χ1) is 14.4. The molecule has 0 spiro atoms. The summed E-state index contributed by atoms with van der Waals surface area (Å²) in [6.45, 7) is 6.29. The number of fused-ring (bicyclic) bond motifs is 1. The number of nitrogens with zero attached hydrogens (tertiary/aromatic N) is 3. The molecule has 1 fully saturated rings. The molecule has 0 bridgehead atoms. The van der Waals surface area contributed by atoms with Crippen molar-refractivity contribution in [3.8, 4) is 0 Å². The number of H-pyrrole nitrogens is 1. The molecule has 2 N–H and O–H groups in total. The number of carbonyl (C=O) groups excluding carboxylic acids is 2. The van der Waals surface area contributed by atoms with Gasteiger partial charge in [-0.25, -0.2) is 0 Å². The van der Waals surface area contributed by atoms with Crippen molar-refractivity contribution in [2.75, 3.05) is 26.2 Å². The molecule has 0 saturated carbocycles. The van der Waals surface area contributed by atoms with E-state index in [2.05, 4.69) is 49.9 Å². The van der Waals surface area contributed by atoms with Gasteiger partial charge in [-0.3, -0.25) is 19.6 Å². The standard InChI is InChI=1S/C21H25ClIN5O2/c1-2-13-9-27(10-13)12-20(29)28-6-5-18-15(11-28)19(26-25-18)8-24-21(30)14-3-4-16(22)17(23)7-14/h3-4,7,13H,2,5-6,8-12H2,1H3,(H,24,30)(H,25,26). The van der Waals surface area contributed by atoms with E-state index in [0.717, 1.165) is 45.9 Å². The Morgan fingerprint density at radius 3 is 2.90 bits per heavy atom. The molecule has 1 aromatic heterocycles. The Labute approximate surface area is 194 Å². The van der Waals surface area contributed by atoms with Gasteiger partial charge in [-0.1, -0.05) is 24.9 Å². The Balaban J connectivity index is 1.35. The maximum Gasteiger partial charge on any atom is 0.251 e. The molecule has 1 saturated heterocycles. The van der Waals surface area contributed by atoms with E-state index in [9.17, 15) is 9.59 Å². The zero-order chi connectivity index (χ0) is 21.3. The van der Waals surface area contributed by atoms with Crippen LogP contribution in [0, 0.1) is 9.49 Å². The van der Waals surface area contributed by atoms with E-state index in [1.807, 2.05) is 4.90 Å². The highest BCUT2D eigenvalue weighted by atomic mass is 127. The Kier molecular flexibility index (Phi) is 6.64. The third kappa shape index (κ3) is 4.65. The highest BCUT2D eigenvalue weighted by Crippen LogP contribution is 2.23. The van der Waals surface area contributed by atoms with Crippen molar-refractivity contribution in [1.29, 1.82) is 0 Å². The third-order valence-electron chi connectivity index (χ3n) is 5.94. The second-order valence-electron chi connectivity index (χ2n) is 7.97. The highest BCUT2D eigenvalue weighted by molar-refractivity contribution is 14.1. The van der Waals surface area contributed by atoms with Gasteiger partial charge >= 0.3 is 0 Å². The highest BCUT2D eigenvalue weighted by Gasteiger charge is 2.30. The van der Waals surface area contributed by atoms with Gasteiger partial charge in [0.2, 0.25) is 5.91 Å². The molecule has 160 valence electrons. The van der Waals surface area contributed by atoms with Crippen molar-refractivity contribution in [1.82, 2.24) is 25.3 Å². The minimum Gasteiger partial charge on any atom is -0.346 e. The molecule has 2 aromatic rings. The zero-order valence-corrected chi connectivity index (χ0v) is 19.8. The van der Waals surface area contributed by atoms with Gasteiger partial charge in [0.05, 0.1) is 23.8 Å². The van der Waals surface area contributed by atoms with E-state index in [4.69, 9.17) is 11.6 Å². The van der Waals surface area contributed by atoms with Crippen LogP contribution in [-0.2, 0) is 24.3 Å². The van der Waals surface area contributed by atoms with Crippen LogP contribution in [0.5, 0.6) is 0 Å². The maximum absolute atomic E-state index is 12.7. The van der Waals surface area contributed by atoms with E-state index in [1.54, 1.807) is 18.2 Å². The van der Waals surface area contributed by atoms with Gasteiger partial charge in [-0.2, -0.15) is 5.10 Å². The summed E-state index contributed by atoms with van der Waals surface area (Å²) < 4.78 is 0.834. The lowest BCUT2D eigenvalue weighted by Gasteiger charge is -2.39. The van der Waals surface area contributed by atoms with Gasteiger partial charge in [-0.05, 0) is 46.7 Å². The number of amides is 2. The molecule has 2 amide bonds. The molecule has 0 atom stereocenters. The molecule has 30 heavy (non-hydrogen) atoms. The lowest BCUT2D eigenvalue weighted by Crippen LogP contribution is -2.51. The van der Waals surface area contributed by atoms with E-state index in [0.29, 0.717) is 36.8 Å². The van der Waals surface area contributed by atoms with Crippen LogP contribution < -0.4 is 5.32 Å². The van der Waals surface area contributed by atoms with Gasteiger partial charge in [0, 0.05) is 53.0 Å². The van der Waals surface area contributed by atoms with Crippen LogP contribution in [0.15, 0.2) is 18.2 Å². The molecule has 9 heteroatoms. The Bertz CT molecular complexity index is 957. The van der Waals surface area contributed by atoms with E-state index in [1.165, 1.54) is 6.42 Å². The quantitative estimate of drug-likeness (QED) is 0.551. The summed E-state index contributed by atoms with van der Waals surface area (Å²) in [6.07, 6.45) is 1.94. The summed E-state index contributed by atoms with van der Waals surface area (Å²) in [7, 11) is 0. The van der Waals surface area contributed by atoms with Gasteiger partial charge in [0.1, 0.15) is 0 Å². The predicted molar refractivity (Wildman–Crippen MR) is 123 cm³/mol. The summed E-state index contributed by atoms with van der Waals surface area (Å²) in [5.74, 6) is 0.731. The third-order valence-corrected chi connectivity index (χ3v) is 7.48. The average Bonchev–Trinajstić information content (AvgIpc) is 3.12. The summed E-state index contributed by atoms with van der Waals surface area (Å²) in [5.41, 5.74) is 3.43. The predicted octanol–water partition coefficient (Wildman–Crippen LogP) is 2.82. The molecule has 0 unspecified atom stereocenters. The van der Waals surface area contributed by atoms with Crippen molar-refractivity contribution in [3.05, 3.63) is 49.3 Å². The van der Waals surface area contributed by atoms with Crippen LogP contribution in [0.25, 0.3) is 0 Å². The van der Waals surface area contributed by atoms with Crippen molar-refractivity contribution in [2.24, 2.45) is 5.92 Å². The summed E-state index contributed by atoms with van der Waals surface area (Å²) in [5, 5.41) is 11.0. The molecule has 2 aliphatic rings. The first-order valence-corrected chi connectivity index (χ1v) is 11.7. The van der Waals surface area contributed by atoms with E-state index in [-0.39, 0.29) is 11.8 Å². The summed E-state index contributed by atoms with van der Waals surface area (Å²) in [4.78, 5) is 29.3. The lowest BCUT2D eigenvalue weighted by molar-refractivity contribution is -0.135. The van der Waals surface area contributed by atoms with Gasteiger partial charge in [0.25, 0.3) is 5.91 Å². The first-order valence-electron chi connectivity index (χ1n) is 10.2. The number of benzene rings is 1. The molecule has 2 aliphatic heterocycles. The monoisotopic (exact) mass is 541 g/mol. The molecule has 1 aromatic carbocycles. The fourth-order valence-electron chi connectivity index (χ4n) is 3.97. The number of hydrogen-bond acceptors (Lipinski definition) is 4. The Morgan fingerprint density at radius 1 is 1.37 bits per heavy atom. The van der Waals surface area contributed by atoms with Crippen LogP contribution in [0.1, 0.15) is 40.7 Å². The second-order valence-corrected chi connectivity index (χ2v) is 9.54. The molecule has 3 heterocycles.